The standard InChI is InChI=1S/C24H51P.Cd/c1-4-7-10-13-16-19-22-25(23-20-17-14-11-8-5-2)24-21-18-15-12-9-6-3;/h4-24H2,1-3H3;. The molecule has 2 heteroatoms. The molecule has 0 spiro atoms. The zero-order valence-corrected chi connectivity index (χ0v) is 23.9. The fourth-order valence-corrected chi connectivity index (χ4v) is 6.37. The number of hydrogen-bond acceptors (Lipinski definition) is 0. The van der Waals surface area contributed by atoms with Crippen LogP contribution in [0.15, 0.2) is 0 Å². The minimum absolute atomic E-state index is 0. The Kier molecular flexibility index (Phi) is 30.0. The third-order valence-electron chi connectivity index (χ3n) is 5.48. The Morgan fingerprint density at radius 1 is 0.346 bits per heavy atom. The van der Waals surface area contributed by atoms with E-state index in [4.69, 9.17) is 0 Å². The zero-order valence-electron chi connectivity index (χ0n) is 19.0. The van der Waals surface area contributed by atoms with Crippen LogP contribution < -0.4 is 0 Å². The Hall–Kier alpha value is 1.35. The first-order chi connectivity index (χ1) is 12.3. The molecule has 0 atom stereocenters. The van der Waals surface area contributed by atoms with Crippen LogP contribution in [0.5, 0.6) is 0 Å². The molecule has 0 aliphatic rings. The van der Waals surface area contributed by atoms with Crippen molar-refractivity contribution in [3.63, 3.8) is 0 Å². The van der Waals surface area contributed by atoms with Gasteiger partial charge in [0.05, 0.1) is 0 Å². The summed E-state index contributed by atoms with van der Waals surface area (Å²) in [6.07, 6.45) is 31.2. The molecule has 0 aromatic carbocycles. The molecule has 0 saturated carbocycles. The molecule has 0 N–H and O–H groups in total. The van der Waals surface area contributed by atoms with Gasteiger partial charge in [-0.2, -0.15) is 0 Å². The van der Waals surface area contributed by atoms with Crippen molar-refractivity contribution in [2.24, 2.45) is 0 Å². The van der Waals surface area contributed by atoms with E-state index in [0.29, 0.717) is 7.92 Å². The van der Waals surface area contributed by atoms with Gasteiger partial charge in [0.25, 0.3) is 0 Å². The Morgan fingerprint density at radius 3 is 0.846 bits per heavy atom. The van der Waals surface area contributed by atoms with Crippen molar-refractivity contribution in [2.75, 3.05) is 18.5 Å². The Labute approximate surface area is 189 Å². The van der Waals surface area contributed by atoms with E-state index in [2.05, 4.69) is 20.8 Å². The molecule has 0 aliphatic heterocycles. The minimum Gasteiger partial charge on any atom is -0.107 e. The van der Waals surface area contributed by atoms with Crippen molar-refractivity contribution in [3.8, 4) is 0 Å². The molecule has 154 valence electrons. The van der Waals surface area contributed by atoms with Crippen LogP contribution in [0.3, 0.4) is 0 Å². The number of rotatable bonds is 21. The number of hydrogen-bond donors (Lipinski definition) is 0. The molecule has 0 radical (unpaired) electrons. The zero-order chi connectivity index (χ0) is 18.4. The van der Waals surface area contributed by atoms with Gasteiger partial charge in [0.2, 0.25) is 0 Å². The van der Waals surface area contributed by atoms with Crippen molar-refractivity contribution in [1.82, 2.24) is 0 Å². The molecule has 26 heavy (non-hydrogen) atoms. The first-order valence-electron chi connectivity index (χ1n) is 12.1. The van der Waals surface area contributed by atoms with Gasteiger partial charge in [-0.15, -0.1) is 7.92 Å². The normalized spacial score (nSPS) is 11.1. The monoisotopic (exact) mass is 484 g/mol. The molecule has 0 rings (SSSR count). The maximum atomic E-state index is 2.32. The van der Waals surface area contributed by atoms with E-state index in [-0.39, 0.29) is 27.3 Å². The molecule has 0 nitrogen and oxygen atoms in total. The molecule has 0 bridgehead atoms. The van der Waals surface area contributed by atoms with E-state index in [1.165, 1.54) is 116 Å². The summed E-state index contributed by atoms with van der Waals surface area (Å²) in [5.41, 5.74) is 0. The minimum atomic E-state index is 0. The first kappa shape index (κ1) is 29.6. The third-order valence-corrected chi connectivity index (χ3v) is 8.33. The SMILES string of the molecule is CCCCCCCCP(CCCCCCCC)CCCCCCCC.[Cd]. The van der Waals surface area contributed by atoms with Gasteiger partial charge in [-0.05, 0) is 37.7 Å². The second-order valence-electron chi connectivity index (χ2n) is 8.14. The van der Waals surface area contributed by atoms with Crippen LogP contribution in [-0.4, -0.2) is 18.5 Å². The second kappa shape index (κ2) is 26.4. The average molecular weight is 483 g/mol. The van der Waals surface area contributed by atoms with Crippen molar-refractivity contribution in [1.29, 1.82) is 0 Å². The summed E-state index contributed by atoms with van der Waals surface area (Å²) in [6.45, 7) is 6.96. The van der Waals surface area contributed by atoms with Crippen molar-refractivity contribution >= 4 is 7.92 Å². The van der Waals surface area contributed by atoms with Crippen molar-refractivity contribution < 1.29 is 27.3 Å². The molecular weight excluding hydrogens is 432 g/mol. The summed E-state index contributed by atoms with van der Waals surface area (Å²) in [6, 6.07) is 0. The van der Waals surface area contributed by atoms with Gasteiger partial charge in [0, 0.05) is 27.3 Å². The average Bonchev–Trinajstić information content (AvgIpc) is 2.63. The fraction of sp³-hybridized carbons (Fsp3) is 1.00. The first-order valence-corrected chi connectivity index (χ1v) is 14.0. The molecule has 0 unspecified atom stereocenters. The molecule has 0 heterocycles. The fourth-order valence-electron chi connectivity index (χ4n) is 3.68. The maximum absolute atomic E-state index is 2.32. The second-order valence-corrected chi connectivity index (χ2v) is 10.8. The van der Waals surface area contributed by atoms with Crippen LogP contribution >= 0.6 is 7.92 Å². The molecular formula is C24H51CdP. The molecule has 0 aromatic heterocycles. The van der Waals surface area contributed by atoms with E-state index in [0.717, 1.165) is 0 Å². The van der Waals surface area contributed by atoms with Crippen LogP contribution in [0.1, 0.15) is 136 Å². The van der Waals surface area contributed by atoms with Gasteiger partial charge in [0.1, 0.15) is 0 Å². The van der Waals surface area contributed by atoms with Crippen molar-refractivity contribution in [3.05, 3.63) is 0 Å². The quantitative estimate of drug-likeness (QED) is 0.0867. The molecule has 0 fully saturated rings. The van der Waals surface area contributed by atoms with Gasteiger partial charge in [0.15, 0.2) is 0 Å². The summed E-state index contributed by atoms with van der Waals surface area (Å²) >= 11 is 0. The predicted octanol–water partition coefficient (Wildman–Crippen LogP) is 9.55. The Balaban J connectivity index is 0. The van der Waals surface area contributed by atoms with E-state index in [1.807, 2.05) is 0 Å². The summed E-state index contributed by atoms with van der Waals surface area (Å²) in [5, 5.41) is 0. The van der Waals surface area contributed by atoms with E-state index in [9.17, 15) is 0 Å². The van der Waals surface area contributed by atoms with Crippen LogP contribution in [0, 0.1) is 0 Å². The smallest absolute Gasteiger partial charge is 0 e. The van der Waals surface area contributed by atoms with Gasteiger partial charge in [-0.3, -0.25) is 0 Å². The summed E-state index contributed by atoms with van der Waals surface area (Å²) < 4.78 is 0. The van der Waals surface area contributed by atoms with E-state index < -0.39 is 0 Å². The van der Waals surface area contributed by atoms with Gasteiger partial charge in [-0.1, -0.05) is 117 Å². The van der Waals surface area contributed by atoms with Crippen LogP contribution in [0.25, 0.3) is 0 Å². The molecule has 0 saturated heterocycles. The number of unbranched alkanes of at least 4 members (excludes halogenated alkanes) is 15. The maximum Gasteiger partial charge on any atom is 0 e. The van der Waals surface area contributed by atoms with Crippen LogP contribution in [0.2, 0.25) is 0 Å². The molecule has 0 aromatic rings. The largest absolute Gasteiger partial charge is 0.107 e. The predicted molar refractivity (Wildman–Crippen MR) is 122 cm³/mol. The van der Waals surface area contributed by atoms with Gasteiger partial charge >= 0.3 is 0 Å². The van der Waals surface area contributed by atoms with Gasteiger partial charge < -0.3 is 0 Å². The summed E-state index contributed by atoms with van der Waals surface area (Å²) in [4.78, 5) is 0. The van der Waals surface area contributed by atoms with Gasteiger partial charge in [-0.25, -0.2) is 0 Å². The van der Waals surface area contributed by atoms with Crippen LogP contribution in [-0.2, 0) is 27.3 Å². The van der Waals surface area contributed by atoms with Crippen LogP contribution in [0.4, 0.5) is 0 Å². The third kappa shape index (κ3) is 23.4. The van der Waals surface area contributed by atoms with E-state index >= 15 is 0 Å². The summed E-state index contributed by atoms with van der Waals surface area (Å²) in [7, 11) is 0.366. The Bertz CT molecular complexity index is 194. The molecule has 0 aliphatic carbocycles. The molecule has 0 amide bonds. The van der Waals surface area contributed by atoms with E-state index in [1.54, 1.807) is 18.5 Å². The summed E-state index contributed by atoms with van der Waals surface area (Å²) in [5.74, 6) is 0. The Morgan fingerprint density at radius 2 is 0.577 bits per heavy atom. The van der Waals surface area contributed by atoms with Crippen molar-refractivity contribution in [2.45, 2.75) is 136 Å². The topological polar surface area (TPSA) is 0 Å².